The maximum atomic E-state index is 13.2. The number of halogens is 1. The fourth-order valence-corrected chi connectivity index (χ4v) is 4.71. The summed E-state index contributed by atoms with van der Waals surface area (Å²) < 4.78 is 18.6. The van der Waals surface area contributed by atoms with Crippen LogP contribution in [0.1, 0.15) is 43.0 Å². The van der Waals surface area contributed by atoms with Gasteiger partial charge >= 0.3 is 0 Å². The van der Waals surface area contributed by atoms with Crippen LogP contribution in [0.5, 0.6) is 0 Å². The maximum absolute atomic E-state index is 13.2. The van der Waals surface area contributed by atoms with Crippen molar-refractivity contribution in [1.29, 1.82) is 0 Å². The lowest BCUT2D eigenvalue weighted by atomic mass is 9.93. The average molecular weight is 367 g/mol. The van der Waals surface area contributed by atoms with E-state index in [-0.39, 0.29) is 29.7 Å². The Kier molecular flexibility index (Phi) is 4.16. The van der Waals surface area contributed by atoms with E-state index in [1.165, 1.54) is 12.1 Å². The third kappa shape index (κ3) is 2.92. The lowest BCUT2D eigenvalue weighted by Crippen LogP contribution is -2.46. The van der Waals surface area contributed by atoms with Gasteiger partial charge in [0.2, 0.25) is 5.91 Å². The Morgan fingerprint density at radius 1 is 1.11 bits per heavy atom. The second-order valence-corrected chi connectivity index (χ2v) is 7.69. The number of carbonyl (C=O) groups is 1. The highest BCUT2D eigenvalue weighted by Gasteiger charge is 2.45. The normalized spacial score (nSPS) is 24.7. The van der Waals surface area contributed by atoms with Crippen molar-refractivity contribution >= 4 is 5.91 Å². The topological polar surface area (TPSA) is 55.3 Å². The van der Waals surface area contributed by atoms with Crippen molar-refractivity contribution in [3.05, 3.63) is 47.5 Å². The Bertz CT molecular complexity index is 864. The standard InChI is InChI=1S/C21H22FN3O2/c22-15-3-1-13(2-4-15)20-23-12-17-18(24-20)11-16-5-6-19(17)25(16)21(26)14-7-9-27-10-8-14/h1-4,12,14,16,19H,5-11H2. The van der Waals surface area contributed by atoms with Crippen LogP contribution in [-0.2, 0) is 16.0 Å². The van der Waals surface area contributed by atoms with Gasteiger partial charge in [-0.1, -0.05) is 0 Å². The van der Waals surface area contributed by atoms with E-state index in [9.17, 15) is 9.18 Å². The van der Waals surface area contributed by atoms with Crippen LogP contribution < -0.4 is 0 Å². The highest BCUT2D eigenvalue weighted by molar-refractivity contribution is 5.80. The van der Waals surface area contributed by atoms with Gasteiger partial charge in [-0.05, 0) is 49.9 Å². The molecule has 2 atom stereocenters. The van der Waals surface area contributed by atoms with Gasteiger partial charge in [-0.15, -0.1) is 0 Å². The molecule has 1 aromatic carbocycles. The van der Waals surface area contributed by atoms with Gasteiger partial charge in [0.1, 0.15) is 5.82 Å². The third-order valence-corrected chi connectivity index (χ3v) is 6.12. The quantitative estimate of drug-likeness (QED) is 0.817. The van der Waals surface area contributed by atoms with E-state index in [2.05, 4.69) is 9.88 Å². The van der Waals surface area contributed by atoms with E-state index in [0.717, 1.165) is 48.9 Å². The van der Waals surface area contributed by atoms with Crippen LogP contribution in [0.2, 0.25) is 0 Å². The molecule has 0 aliphatic carbocycles. The summed E-state index contributed by atoms with van der Waals surface area (Å²) in [4.78, 5) is 24.5. The predicted octanol–water partition coefficient (Wildman–Crippen LogP) is 3.30. The van der Waals surface area contributed by atoms with E-state index in [1.54, 1.807) is 12.1 Å². The first-order valence-corrected chi connectivity index (χ1v) is 9.72. The fraction of sp³-hybridized carbons (Fsp3) is 0.476. The number of hydrogen-bond acceptors (Lipinski definition) is 4. The summed E-state index contributed by atoms with van der Waals surface area (Å²) in [6.45, 7) is 1.36. The molecule has 0 N–H and O–H groups in total. The van der Waals surface area contributed by atoms with E-state index in [4.69, 9.17) is 9.72 Å². The van der Waals surface area contributed by atoms with Gasteiger partial charge in [0.25, 0.3) is 0 Å². The summed E-state index contributed by atoms with van der Waals surface area (Å²) in [5.74, 6) is 0.719. The molecule has 5 rings (SSSR count). The molecule has 27 heavy (non-hydrogen) atoms. The minimum atomic E-state index is -0.267. The number of ether oxygens (including phenoxy) is 1. The Morgan fingerprint density at radius 2 is 1.89 bits per heavy atom. The first kappa shape index (κ1) is 16.8. The van der Waals surface area contributed by atoms with Crippen molar-refractivity contribution < 1.29 is 13.9 Å². The van der Waals surface area contributed by atoms with Gasteiger partial charge in [0, 0.05) is 48.9 Å². The minimum absolute atomic E-state index is 0.0859. The van der Waals surface area contributed by atoms with Crippen LogP contribution in [-0.4, -0.2) is 40.0 Å². The van der Waals surface area contributed by atoms with Crippen molar-refractivity contribution in [3.8, 4) is 11.4 Å². The van der Waals surface area contributed by atoms with E-state index >= 15 is 0 Å². The molecule has 3 aliphatic heterocycles. The number of rotatable bonds is 2. The van der Waals surface area contributed by atoms with Crippen molar-refractivity contribution in [1.82, 2.24) is 14.9 Å². The smallest absolute Gasteiger partial charge is 0.226 e. The molecule has 5 nitrogen and oxygen atoms in total. The van der Waals surface area contributed by atoms with Gasteiger partial charge in [-0.2, -0.15) is 0 Å². The van der Waals surface area contributed by atoms with Crippen LogP contribution in [0.15, 0.2) is 30.5 Å². The van der Waals surface area contributed by atoms with Crippen LogP contribution in [0.3, 0.4) is 0 Å². The molecule has 140 valence electrons. The zero-order valence-corrected chi connectivity index (χ0v) is 15.1. The Hall–Kier alpha value is -2.34. The number of aromatic nitrogens is 2. The largest absolute Gasteiger partial charge is 0.381 e. The second-order valence-electron chi connectivity index (χ2n) is 7.69. The number of hydrogen-bond donors (Lipinski definition) is 0. The molecule has 0 spiro atoms. The molecule has 3 aliphatic rings. The molecule has 2 fully saturated rings. The molecule has 0 saturated carbocycles. The molecule has 2 aromatic rings. The summed E-state index contributed by atoms with van der Waals surface area (Å²) in [5, 5.41) is 0. The number of amides is 1. The molecule has 1 aromatic heterocycles. The minimum Gasteiger partial charge on any atom is -0.381 e. The molecule has 6 heteroatoms. The van der Waals surface area contributed by atoms with E-state index in [1.807, 2.05) is 6.20 Å². The zero-order valence-electron chi connectivity index (χ0n) is 15.1. The molecular weight excluding hydrogens is 345 g/mol. The lowest BCUT2D eigenvalue weighted by Gasteiger charge is -2.38. The van der Waals surface area contributed by atoms with Gasteiger partial charge < -0.3 is 9.64 Å². The van der Waals surface area contributed by atoms with Crippen LogP contribution in [0, 0.1) is 11.7 Å². The monoisotopic (exact) mass is 367 g/mol. The first-order valence-electron chi connectivity index (χ1n) is 9.72. The summed E-state index contributed by atoms with van der Waals surface area (Å²) in [7, 11) is 0. The molecule has 2 bridgehead atoms. The third-order valence-electron chi connectivity index (χ3n) is 6.12. The number of nitrogens with zero attached hydrogens (tertiary/aromatic N) is 3. The van der Waals surface area contributed by atoms with E-state index < -0.39 is 0 Å². The van der Waals surface area contributed by atoms with Crippen molar-refractivity contribution in [2.45, 2.75) is 44.2 Å². The van der Waals surface area contributed by atoms with Crippen LogP contribution in [0.4, 0.5) is 4.39 Å². The second kappa shape index (κ2) is 6.68. The fourth-order valence-electron chi connectivity index (χ4n) is 4.71. The number of carbonyl (C=O) groups excluding carboxylic acids is 1. The number of benzene rings is 1. The van der Waals surface area contributed by atoms with Crippen molar-refractivity contribution in [3.63, 3.8) is 0 Å². The SMILES string of the molecule is O=C(C1CCOCC1)N1C2CCC1c1cnc(-c3ccc(F)cc3)nc1C2. The van der Waals surface area contributed by atoms with Gasteiger partial charge in [0.05, 0.1) is 11.7 Å². The Labute approximate surface area is 157 Å². The van der Waals surface area contributed by atoms with Gasteiger partial charge in [-0.3, -0.25) is 4.79 Å². The Balaban J connectivity index is 1.43. The molecule has 4 heterocycles. The van der Waals surface area contributed by atoms with Crippen LogP contribution in [0.25, 0.3) is 11.4 Å². The average Bonchev–Trinajstić information content (AvgIpc) is 3.03. The van der Waals surface area contributed by atoms with Crippen molar-refractivity contribution in [2.24, 2.45) is 5.92 Å². The summed E-state index contributed by atoms with van der Waals surface area (Å²) in [6.07, 6.45) is 6.28. The predicted molar refractivity (Wildman–Crippen MR) is 97.3 cm³/mol. The zero-order chi connectivity index (χ0) is 18.4. The maximum Gasteiger partial charge on any atom is 0.226 e. The summed E-state index contributed by atoms with van der Waals surface area (Å²) >= 11 is 0. The van der Waals surface area contributed by atoms with Gasteiger partial charge in [-0.25, -0.2) is 14.4 Å². The highest BCUT2D eigenvalue weighted by atomic mass is 19.1. The molecule has 1 amide bonds. The van der Waals surface area contributed by atoms with Crippen LogP contribution >= 0.6 is 0 Å². The summed E-state index contributed by atoms with van der Waals surface area (Å²) in [5.41, 5.74) is 2.93. The Morgan fingerprint density at radius 3 is 2.67 bits per heavy atom. The van der Waals surface area contributed by atoms with E-state index in [0.29, 0.717) is 19.0 Å². The van der Waals surface area contributed by atoms with Crippen molar-refractivity contribution in [2.75, 3.05) is 13.2 Å². The summed E-state index contributed by atoms with van der Waals surface area (Å²) in [6, 6.07) is 6.59. The molecule has 0 radical (unpaired) electrons. The molecule has 2 unspecified atom stereocenters. The lowest BCUT2D eigenvalue weighted by molar-refractivity contribution is -0.142. The number of fused-ring (bicyclic) bond motifs is 4. The van der Waals surface area contributed by atoms with Gasteiger partial charge in [0.15, 0.2) is 5.82 Å². The highest BCUT2D eigenvalue weighted by Crippen LogP contribution is 2.44. The molecular formula is C21H22FN3O2. The first-order chi connectivity index (χ1) is 13.2. The molecule has 2 saturated heterocycles.